The molecule has 0 spiro atoms. The molecule has 31 heavy (non-hydrogen) atoms. The summed E-state index contributed by atoms with van der Waals surface area (Å²) in [6.07, 6.45) is 5.82. The van der Waals surface area contributed by atoms with Gasteiger partial charge in [-0.25, -0.2) is 9.11 Å². The molecule has 2 aliphatic carbocycles. The third kappa shape index (κ3) is 4.33. The Kier molecular flexibility index (Phi) is 5.95. The number of hydrogen-bond donors (Lipinski definition) is 1. The molecule has 5 rings (SSSR count). The predicted molar refractivity (Wildman–Crippen MR) is 120 cm³/mol. The van der Waals surface area contributed by atoms with Gasteiger partial charge >= 0.3 is 0 Å². The highest BCUT2D eigenvalue weighted by molar-refractivity contribution is 7.77. The van der Waals surface area contributed by atoms with Crippen molar-refractivity contribution in [1.29, 1.82) is 0 Å². The highest BCUT2D eigenvalue weighted by atomic mass is 35.5. The Balaban J connectivity index is 1.47. The number of fused-ring (bicyclic) bond motifs is 1. The van der Waals surface area contributed by atoms with Crippen molar-refractivity contribution in [3.8, 4) is 0 Å². The van der Waals surface area contributed by atoms with Crippen molar-refractivity contribution in [2.45, 2.75) is 62.4 Å². The topological polar surface area (TPSA) is 55.4 Å². The van der Waals surface area contributed by atoms with E-state index in [-0.39, 0.29) is 11.7 Å². The molecule has 1 aliphatic heterocycles. The van der Waals surface area contributed by atoms with Crippen molar-refractivity contribution in [3.63, 3.8) is 0 Å². The Morgan fingerprint density at radius 3 is 2.65 bits per heavy atom. The van der Waals surface area contributed by atoms with Gasteiger partial charge < -0.3 is 4.55 Å². The first-order valence-corrected chi connectivity index (χ1v) is 12.5. The minimum Gasteiger partial charge on any atom is -0.760 e. The molecule has 1 N–H and O–H groups in total. The highest BCUT2D eigenvalue weighted by Gasteiger charge is 2.41. The Morgan fingerprint density at radius 2 is 2.03 bits per heavy atom. The molecule has 3 aliphatic rings. The predicted octanol–water partition coefficient (Wildman–Crippen LogP) is 4.28. The number of nitrogens with zero attached hydrogens (tertiary/aromatic N) is 1. The number of halogens is 2. The lowest BCUT2D eigenvalue weighted by molar-refractivity contribution is 0.106. The zero-order valence-electron chi connectivity index (χ0n) is 17.4. The molecule has 0 bridgehead atoms. The fourth-order valence-corrected chi connectivity index (χ4v) is 6.43. The first-order chi connectivity index (χ1) is 14.9. The minimum atomic E-state index is -2.35. The maximum Gasteiger partial charge on any atom is 0.126 e. The molecule has 166 valence electrons. The minimum absolute atomic E-state index is 0.214. The van der Waals surface area contributed by atoms with E-state index >= 15 is 4.39 Å². The van der Waals surface area contributed by atoms with Gasteiger partial charge in [0.1, 0.15) is 5.82 Å². The van der Waals surface area contributed by atoms with E-state index in [1.807, 2.05) is 24.3 Å². The summed E-state index contributed by atoms with van der Waals surface area (Å²) in [5, 5.41) is 0.736. The van der Waals surface area contributed by atoms with Crippen molar-refractivity contribution in [2.24, 2.45) is 0 Å². The molecule has 0 radical (unpaired) electrons. The van der Waals surface area contributed by atoms with Gasteiger partial charge in [-0.3, -0.25) is 9.11 Å². The molecule has 1 saturated heterocycles. The lowest BCUT2D eigenvalue weighted by Crippen LogP contribution is -2.53. The molecule has 2 aromatic carbocycles. The number of hydrogen-bond acceptors (Lipinski definition) is 3. The van der Waals surface area contributed by atoms with E-state index in [9.17, 15) is 8.76 Å². The van der Waals surface area contributed by atoms with Gasteiger partial charge in [-0.15, -0.1) is 0 Å². The van der Waals surface area contributed by atoms with Gasteiger partial charge in [0.2, 0.25) is 0 Å². The van der Waals surface area contributed by atoms with Crippen molar-refractivity contribution >= 4 is 22.9 Å². The van der Waals surface area contributed by atoms with E-state index in [1.165, 1.54) is 17.5 Å². The van der Waals surface area contributed by atoms with Gasteiger partial charge in [-0.1, -0.05) is 29.8 Å². The fraction of sp³-hybridized carbons (Fsp3) is 0.500. The van der Waals surface area contributed by atoms with Crippen LogP contribution in [0, 0.1) is 5.82 Å². The maximum absolute atomic E-state index is 15.1. The van der Waals surface area contributed by atoms with Crippen LogP contribution in [0.25, 0.3) is 0 Å². The number of nitrogens with one attached hydrogen (secondary N) is 1. The van der Waals surface area contributed by atoms with E-state index in [0.29, 0.717) is 18.0 Å². The van der Waals surface area contributed by atoms with Crippen molar-refractivity contribution in [2.75, 3.05) is 13.1 Å². The first kappa shape index (κ1) is 21.5. The Morgan fingerprint density at radius 1 is 1.23 bits per heavy atom. The van der Waals surface area contributed by atoms with Crippen LogP contribution in [0.5, 0.6) is 0 Å². The highest BCUT2D eigenvalue weighted by Crippen LogP contribution is 2.43. The van der Waals surface area contributed by atoms with Crippen LogP contribution in [0.4, 0.5) is 4.39 Å². The molecule has 1 saturated carbocycles. The van der Waals surface area contributed by atoms with E-state index < -0.39 is 16.8 Å². The summed E-state index contributed by atoms with van der Waals surface area (Å²) in [4.78, 5) is 2.52. The van der Waals surface area contributed by atoms with E-state index in [2.05, 4.69) is 15.7 Å². The Labute approximate surface area is 190 Å². The van der Waals surface area contributed by atoms with Gasteiger partial charge in [0.05, 0.1) is 0 Å². The van der Waals surface area contributed by atoms with Crippen molar-refractivity contribution in [3.05, 3.63) is 69.5 Å². The van der Waals surface area contributed by atoms with Gasteiger partial charge in [0, 0.05) is 33.8 Å². The van der Waals surface area contributed by atoms with Gasteiger partial charge in [-0.2, -0.15) is 0 Å². The first-order valence-electron chi connectivity index (χ1n) is 11.1. The third-order valence-corrected chi connectivity index (χ3v) is 8.28. The molecular formula is C24H27ClFN2O2S-. The van der Waals surface area contributed by atoms with E-state index in [0.717, 1.165) is 55.8 Å². The van der Waals surface area contributed by atoms with Crippen LogP contribution >= 0.6 is 11.6 Å². The molecule has 1 heterocycles. The zero-order valence-corrected chi connectivity index (χ0v) is 19.0. The monoisotopic (exact) mass is 461 g/mol. The zero-order chi connectivity index (χ0) is 21.6. The van der Waals surface area contributed by atoms with Crippen LogP contribution in [0.15, 0.2) is 36.4 Å². The van der Waals surface area contributed by atoms with Gasteiger partial charge in [0.15, 0.2) is 0 Å². The summed E-state index contributed by atoms with van der Waals surface area (Å²) in [6, 6.07) is 12.1. The standard InChI is InChI=1S/C24H28ClFN2O2S/c25-19-5-1-4-16(10-19)11-21-20-12-18(15-24(6-2-7-24)27-31(29)30)22(26)13-17(20)14-23(21)28-8-3-9-28/h1,4-5,10,12-13,21,23,27H,2-3,6-9,11,14-15H2,(H,29,30)/p-1. The van der Waals surface area contributed by atoms with Crippen LogP contribution < -0.4 is 4.72 Å². The van der Waals surface area contributed by atoms with Crippen LogP contribution in [-0.2, 0) is 30.5 Å². The molecule has 3 atom stereocenters. The maximum atomic E-state index is 15.1. The van der Waals surface area contributed by atoms with Crippen molar-refractivity contribution in [1.82, 2.24) is 9.62 Å². The summed E-state index contributed by atoms with van der Waals surface area (Å²) < 4.78 is 40.3. The Bertz CT molecular complexity index is 1010. The largest absolute Gasteiger partial charge is 0.760 e. The Hall–Kier alpha value is -1.31. The second-order valence-electron chi connectivity index (χ2n) is 9.39. The number of rotatable bonds is 7. The second-order valence-corrected chi connectivity index (χ2v) is 10.5. The molecule has 2 fully saturated rings. The summed E-state index contributed by atoms with van der Waals surface area (Å²) in [5.74, 6) is 0.0707. The summed E-state index contributed by atoms with van der Waals surface area (Å²) in [5.41, 5.74) is 3.58. The summed E-state index contributed by atoms with van der Waals surface area (Å²) in [6.45, 7) is 2.20. The molecule has 0 amide bonds. The number of likely N-dealkylation sites (tertiary alicyclic amines) is 1. The average Bonchev–Trinajstić information content (AvgIpc) is 2.95. The van der Waals surface area contributed by atoms with Crippen LogP contribution in [0.1, 0.15) is 53.9 Å². The van der Waals surface area contributed by atoms with Crippen LogP contribution in [0.2, 0.25) is 5.02 Å². The SMILES string of the molecule is O=S([O-])NC1(Cc2cc3c(cc2F)CC(N2CCC2)C3Cc2cccc(Cl)c2)CCC1. The normalized spacial score (nSPS) is 25.5. The second kappa shape index (κ2) is 8.56. The molecule has 0 aromatic heterocycles. The lowest BCUT2D eigenvalue weighted by atomic mass is 9.73. The molecule has 4 nitrogen and oxygen atoms in total. The molecule has 2 aromatic rings. The molecular weight excluding hydrogens is 435 g/mol. The van der Waals surface area contributed by atoms with Gasteiger partial charge in [-0.05, 0) is 98.5 Å². The molecule has 7 heteroatoms. The van der Waals surface area contributed by atoms with Crippen LogP contribution in [-0.4, -0.2) is 38.3 Å². The quantitative estimate of drug-likeness (QED) is 0.626. The summed E-state index contributed by atoms with van der Waals surface area (Å²) >= 11 is 3.89. The lowest BCUT2D eigenvalue weighted by Gasteiger charge is -2.43. The number of benzene rings is 2. The third-order valence-electron chi connectivity index (χ3n) is 7.44. The van der Waals surface area contributed by atoms with Crippen LogP contribution in [0.3, 0.4) is 0 Å². The summed E-state index contributed by atoms with van der Waals surface area (Å²) in [7, 11) is 0. The van der Waals surface area contributed by atoms with E-state index in [4.69, 9.17) is 11.6 Å². The van der Waals surface area contributed by atoms with Gasteiger partial charge in [0.25, 0.3) is 0 Å². The van der Waals surface area contributed by atoms with E-state index in [1.54, 1.807) is 6.07 Å². The smallest absolute Gasteiger partial charge is 0.126 e. The van der Waals surface area contributed by atoms with Crippen molar-refractivity contribution < 1.29 is 13.2 Å². The average molecular weight is 462 g/mol. The fourth-order valence-electron chi connectivity index (χ4n) is 5.59. The molecule has 3 unspecified atom stereocenters.